The van der Waals surface area contributed by atoms with Gasteiger partial charge < -0.3 is 44.7 Å². The summed E-state index contributed by atoms with van der Waals surface area (Å²) >= 11 is 41.7. The van der Waals surface area contributed by atoms with Gasteiger partial charge in [-0.15, -0.1) is 10.2 Å². The fraction of sp³-hybridized carbons (Fsp3) is 0.0800. The number of ether oxygens (including phenoxy) is 4. The van der Waals surface area contributed by atoms with Crippen LogP contribution < -0.4 is 24.3 Å². The number of benzene rings is 15. The van der Waals surface area contributed by atoms with Gasteiger partial charge in [0.25, 0.3) is 5.91 Å². The first-order valence-electron chi connectivity index (χ1n) is 40.0. The van der Waals surface area contributed by atoms with Gasteiger partial charge in [0.2, 0.25) is 5.82 Å². The molecule has 22 nitrogen and oxygen atoms in total. The minimum atomic E-state index is -4.07. The van der Waals surface area contributed by atoms with Gasteiger partial charge in [0.15, 0.2) is 50.8 Å². The third-order valence-corrected chi connectivity index (χ3v) is 29.6. The lowest BCUT2D eigenvalue weighted by atomic mass is 10.0. The van der Waals surface area contributed by atoms with E-state index in [1.165, 1.54) is 83.0 Å². The van der Waals surface area contributed by atoms with Gasteiger partial charge in [0, 0.05) is 47.4 Å². The highest BCUT2D eigenvalue weighted by Crippen LogP contribution is 2.43. The Morgan fingerprint density at radius 1 is 0.356 bits per heavy atom. The van der Waals surface area contributed by atoms with E-state index in [0.29, 0.717) is 66.8 Å². The van der Waals surface area contributed by atoms with Gasteiger partial charge in [-0.25, -0.2) is 38.1 Å². The van der Waals surface area contributed by atoms with Crippen molar-refractivity contribution in [1.29, 1.82) is 0 Å². The quantitative estimate of drug-likeness (QED) is 0.0327. The second kappa shape index (κ2) is 45.8. The molecule has 16 aromatic rings. The number of sulfone groups is 4. The van der Waals surface area contributed by atoms with Gasteiger partial charge in [-0.2, -0.15) is 5.21 Å². The summed E-state index contributed by atoms with van der Waals surface area (Å²) in [7, 11) is -9.40. The average Bonchev–Trinajstić information content (AvgIpc) is 1.45. The average molecular weight is 2140 g/mol. The van der Waals surface area contributed by atoms with Crippen molar-refractivity contribution in [2.24, 2.45) is 0 Å². The summed E-state index contributed by atoms with van der Waals surface area (Å²) in [5, 5.41) is 57.1. The minimum absolute atomic E-state index is 0.00708. The number of rotatable bonds is 24. The maximum atomic E-state index is 14.2. The van der Waals surface area contributed by atoms with Crippen molar-refractivity contribution in [1.82, 2.24) is 20.6 Å². The third kappa shape index (κ3) is 26.2. The van der Waals surface area contributed by atoms with Crippen LogP contribution in [0.4, 0.5) is 10.1 Å². The number of carbonyl (C=O) groups is 1. The van der Waals surface area contributed by atoms with Crippen LogP contribution in [-0.4, -0.2) is 109 Å². The van der Waals surface area contributed by atoms with E-state index in [1.54, 1.807) is 72.8 Å². The summed E-state index contributed by atoms with van der Waals surface area (Å²) in [6.07, 6.45) is 0. The van der Waals surface area contributed by atoms with E-state index in [0.717, 1.165) is 56.1 Å². The van der Waals surface area contributed by atoms with Crippen LogP contribution in [0.3, 0.4) is 0 Å². The van der Waals surface area contributed by atoms with Gasteiger partial charge in [0.05, 0.1) is 87.1 Å². The van der Waals surface area contributed by atoms with Crippen LogP contribution in [0.25, 0.3) is 67.0 Å². The van der Waals surface area contributed by atoms with Gasteiger partial charge >= 0.3 is 0 Å². The molecule has 35 heteroatoms. The molecule has 1 aromatic heterocycles. The van der Waals surface area contributed by atoms with E-state index >= 15 is 0 Å². The zero-order chi connectivity index (χ0) is 97.1. The molecule has 1 amide bonds. The van der Waals surface area contributed by atoms with E-state index < -0.39 is 73.2 Å². The molecule has 692 valence electrons. The predicted molar refractivity (Wildman–Crippen MR) is 535 cm³/mol. The highest BCUT2D eigenvalue weighted by atomic mass is 79.9. The summed E-state index contributed by atoms with van der Waals surface area (Å²) in [5.41, 5.74) is 11.6. The summed E-state index contributed by atoms with van der Waals surface area (Å²) in [6, 6.07) is 91.1. The molecular weight excluding hydrogens is 2060 g/mol. The number of phenolic OH excluding ortho intramolecular Hbond substituents is 4. The Kier molecular flexibility index (Phi) is 34.5. The standard InChI is InChI=1S/C21H18N4O3S.2C20H16BrClO4S.C20H15Cl2NO3.C19H13Cl2FO3S/c1-28-20-11-10-16(15-6-3-2-4-7-15)12-18(20)14-29(26,27)19-9-5-8-17(13-19)21-22-24-25-23-21;1-26-18-8-7-14(13-5-3-2-4-6-13)9-15(18)12-27(24,25)19-11-16(22)10-17(21)20(19)23;1-26-18-8-7-14(13-5-3-2-4-6-13)9-15(18)12-27(24,25)19-11-16(21)10-17(22)20(19)23;1-26-18-8-7-13(12-5-3-2-4-6-12)9-17(18)23-20(25)15-10-14(21)11-16(22)19(15)24;20-15-9-16(21)19(23)18(10-15)26(24,25)11-14-8-13(6-7-17(14)22)12-4-2-1-3-5-12/h2-13H,14H2,1H3,(H,22,23,24,25);2*2-11,23H,12H2,1H3;2-11,24H,1H3,(H,23,25);1-10,23H,11H2. The second-order valence-corrected chi connectivity index (χ2v) is 41.5. The van der Waals surface area contributed by atoms with Crippen molar-refractivity contribution in [2.45, 2.75) is 42.6 Å². The van der Waals surface area contributed by atoms with E-state index in [2.05, 4.69) is 57.8 Å². The number of phenols is 4. The molecule has 0 saturated carbocycles. The van der Waals surface area contributed by atoms with E-state index in [1.807, 2.05) is 182 Å². The van der Waals surface area contributed by atoms with Crippen molar-refractivity contribution in [2.75, 3.05) is 33.8 Å². The number of carbonyl (C=O) groups excluding carboxylic acids is 1. The Labute approximate surface area is 825 Å². The minimum Gasteiger partial charge on any atom is -0.506 e. The van der Waals surface area contributed by atoms with Crippen LogP contribution in [0.2, 0.25) is 30.1 Å². The van der Waals surface area contributed by atoms with Gasteiger partial charge in [0.1, 0.15) is 55.0 Å². The van der Waals surface area contributed by atoms with Crippen LogP contribution in [0.1, 0.15) is 32.6 Å². The number of hydrogen-bond acceptors (Lipinski definition) is 20. The smallest absolute Gasteiger partial charge is 0.259 e. The number of tetrazole rings is 1. The third-order valence-electron chi connectivity index (χ3n) is 20.3. The first-order chi connectivity index (χ1) is 64.5. The number of nitrogens with zero attached hydrogens (tertiary/aromatic N) is 3. The Morgan fingerprint density at radius 2 is 0.704 bits per heavy atom. The summed E-state index contributed by atoms with van der Waals surface area (Å²) in [4.78, 5) is 11.9. The van der Waals surface area contributed by atoms with Crippen molar-refractivity contribution in [3.8, 4) is 113 Å². The monoisotopic (exact) mass is 2140 g/mol. The maximum Gasteiger partial charge on any atom is 0.259 e. The number of anilines is 1. The molecule has 0 atom stereocenters. The number of aromatic hydroxyl groups is 4. The first-order valence-corrected chi connectivity index (χ1v) is 50.5. The molecule has 0 aliphatic carbocycles. The lowest BCUT2D eigenvalue weighted by Gasteiger charge is -2.13. The van der Waals surface area contributed by atoms with Crippen LogP contribution in [0, 0.1) is 5.82 Å². The summed E-state index contributed by atoms with van der Waals surface area (Å²) in [5.74, 6) is -2.17. The zero-order valence-corrected chi connectivity index (χ0v) is 82.3. The number of amides is 1. The lowest BCUT2D eigenvalue weighted by Crippen LogP contribution is -2.13. The molecular formula is C100H78Br2Cl6FN5O17S4. The number of aromatic nitrogens is 4. The molecule has 16 rings (SSSR count). The van der Waals surface area contributed by atoms with Crippen molar-refractivity contribution < 1.29 is 82.2 Å². The molecule has 15 aromatic carbocycles. The molecule has 0 aliphatic rings. The number of methoxy groups -OCH3 is 4. The fourth-order valence-corrected chi connectivity index (χ4v) is 22.8. The van der Waals surface area contributed by atoms with Gasteiger partial charge in [-0.3, -0.25) is 4.79 Å². The molecule has 1 heterocycles. The first kappa shape index (κ1) is 102. The lowest BCUT2D eigenvalue weighted by molar-refractivity contribution is 0.102. The topological polar surface area (TPSA) is 338 Å². The van der Waals surface area contributed by atoms with E-state index in [-0.39, 0.29) is 89.2 Å². The van der Waals surface area contributed by atoms with Crippen LogP contribution in [-0.2, 0) is 62.4 Å². The van der Waals surface area contributed by atoms with Crippen LogP contribution in [0.15, 0.2) is 344 Å². The molecule has 0 bridgehead atoms. The number of halogens is 9. The SMILES string of the molecule is COc1ccc(-c2ccccc2)cc1CS(=O)(=O)c1cc(Br)cc(Cl)c1O.COc1ccc(-c2ccccc2)cc1CS(=O)(=O)c1cc(Cl)cc(Br)c1O.COc1ccc(-c2ccccc2)cc1CS(=O)(=O)c1cccc(-c2nn[nH]n2)c1.COc1ccc(-c2ccccc2)cc1NC(=O)c1cc(Cl)cc(Cl)c1O.O=S(=O)(Cc1cc(-c2ccccc2)ccc1F)c1cc(Cl)cc(Cl)c1O. The molecule has 135 heavy (non-hydrogen) atoms. The van der Waals surface area contributed by atoms with Crippen LogP contribution in [0.5, 0.6) is 46.0 Å². The fourth-order valence-electron chi connectivity index (χ4n) is 13.7. The molecule has 0 saturated heterocycles. The van der Waals surface area contributed by atoms with Crippen LogP contribution >= 0.6 is 101 Å². The number of aromatic amines is 1. The number of hydrogen-bond donors (Lipinski definition) is 6. The molecule has 0 radical (unpaired) electrons. The van der Waals surface area contributed by atoms with Gasteiger partial charge in [-0.1, -0.05) is 280 Å². The molecule has 0 aliphatic heterocycles. The number of H-pyrrole nitrogens is 1. The molecule has 0 unspecified atom stereocenters. The Morgan fingerprint density at radius 3 is 1.13 bits per heavy atom. The van der Waals surface area contributed by atoms with Crippen molar-refractivity contribution >= 4 is 152 Å². The maximum absolute atomic E-state index is 14.2. The largest absolute Gasteiger partial charge is 0.506 e. The molecule has 0 fully saturated rings. The predicted octanol–water partition coefficient (Wildman–Crippen LogP) is 25.5. The molecule has 0 spiro atoms. The second-order valence-electron chi connectivity index (χ2n) is 29.4. The summed E-state index contributed by atoms with van der Waals surface area (Å²) < 4.78 is 140. The Balaban J connectivity index is 0.000000152. The van der Waals surface area contributed by atoms with Crippen molar-refractivity contribution in [3.05, 3.63) is 388 Å². The summed E-state index contributed by atoms with van der Waals surface area (Å²) in [6.45, 7) is 0. The van der Waals surface area contributed by atoms with E-state index in [4.69, 9.17) is 88.6 Å². The Hall–Kier alpha value is -12.3. The molecule has 6 N–H and O–H groups in total. The number of nitrogens with one attached hydrogen (secondary N) is 2. The van der Waals surface area contributed by atoms with E-state index in [9.17, 15) is 63.3 Å². The zero-order valence-electron chi connectivity index (χ0n) is 71.3. The van der Waals surface area contributed by atoms with Gasteiger partial charge in [-0.05, 0) is 198 Å². The van der Waals surface area contributed by atoms with Crippen molar-refractivity contribution in [3.63, 3.8) is 0 Å². The highest BCUT2D eigenvalue weighted by Gasteiger charge is 2.29. The Bertz CT molecular complexity index is 7300. The normalized spacial score (nSPS) is 11.2. The highest BCUT2D eigenvalue weighted by molar-refractivity contribution is 9.10.